The highest BCUT2D eigenvalue weighted by molar-refractivity contribution is 4.84. The summed E-state index contributed by atoms with van der Waals surface area (Å²) in [6, 6.07) is 0. The highest BCUT2D eigenvalue weighted by Crippen LogP contribution is 2.31. The molecule has 2 heteroatoms. The molecule has 1 aliphatic heterocycles. The molecule has 2 unspecified atom stereocenters. The minimum Gasteiger partial charge on any atom is -0.385 e. The fourth-order valence-corrected chi connectivity index (χ4v) is 3.11. The van der Waals surface area contributed by atoms with Crippen molar-refractivity contribution in [1.29, 1.82) is 0 Å². The molecular formula is C19H38O2. The van der Waals surface area contributed by atoms with Gasteiger partial charge in [0.25, 0.3) is 0 Å². The zero-order valence-electron chi connectivity index (χ0n) is 14.6. The first-order valence-electron chi connectivity index (χ1n) is 9.53. The average Bonchev–Trinajstić information content (AvgIpc) is 3.24. The van der Waals surface area contributed by atoms with E-state index in [0.717, 1.165) is 6.61 Å². The summed E-state index contributed by atoms with van der Waals surface area (Å²) in [4.78, 5) is 0. The van der Waals surface area contributed by atoms with Crippen LogP contribution in [0.5, 0.6) is 0 Å². The molecule has 0 amide bonds. The summed E-state index contributed by atoms with van der Waals surface area (Å²) in [7, 11) is 1.79. The van der Waals surface area contributed by atoms with E-state index in [-0.39, 0.29) is 0 Å². The summed E-state index contributed by atoms with van der Waals surface area (Å²) >= 11 is 0. The summed E-state index contributed by atoms with van der Waals surface area (Å²) in [6.45, 7) is 3.21. The van der Waals surface area contributed by atoms with E-state index in [2.05, 4.69) is 6.92 Å². The number of hydrogen-bond acceptors (Lipinski definition) is 2. The Balaban J connectivity index is 1.74. The fraction of sp³-hybridized carbons (Fsp3) is 1.00. The van der Waals surface area contributed by atoms with Gasteiger partial charge >= 0.3 is 0 Å². The monoisotopic (exact) mass is 298 g/mol. The molecule has 1 aliphatic rings. The van der Waals surface area contributed by atoms with Crippen LogP contribution in [-0.2, 0) is 9.47 Å². The topological polar surface area (TPSA) is 21.8 Å². The second kappa shape index (κ2) is 13.6. The van der Waals surface area contributed by atoms with E-state index in [9.17, 15) is 0 Å². The van der Waals surface area contributed by atoms with Gasteiger partial charge in [-0.25, -0.2) is 0 Å². The van der Waals surface area contributed by atoms with E-state index in [1.807, 2.05) is 0 Å². The summed E-state index contributed by atoms with van der Waals surface area (Å²) < 4.78 is 10.9. The molecule has 126 valence electrons. The first kappa shape index (κ1) is 19.0. The average molecular weight is 299 g/mol. The van der Waals surface area contributed by atoms with Gasteiger partial charge in [0.2, 0.25) is 0 Å². The molecule has 1 rings (SSSR count). The van der Waals surface area contributed by atoms with Crippen LogP contribution in [0.3, 0.4) is 0 Å². The van der Waals surface area contributed by atoms with E-state index < -0.39 is 0 Å². The Morgan fingerprint density at radius 2 is 1.14 bits per heavy atom. The van der Waals surface area contributed by atoms with Crippen molar-refractivity contribution < 1.29 is 9.47 Å². The van der Waals surface area contributed by atoms with Crippen molar-refractivity contribution in [3.05, 3.63) is 0 Å². The van der Waals surface area contributed by atoms with Crippen LogP contribution in [0, 0.1) is 0 Å². The summed E-state index contributed by atoms with van der Waals surface area (Å²) in [5.74, 6) is 0. The first-order valence-corrected chi connectivity index (χ1v) is 9.53. The van der Waals surface area contributed by atoms with E-state index >= 15 is 0 Å². The number of ether oxygens (including phenoxy) is 2. The van der Waals surface area contributed by atoms with Crippen LogP contribution in [-0.4, -0.2) is 25.9 Å². The highest BCUT2D eigenvalue weighted by Gasteiger charge is 2.36. The van der Waals surface area contributed by atoms with Crippen LogP contribution in [0.25, 0.3) is 0 Å². The lowest BCUT2D eigenvalue weighted by atomic mass is 10.0. The molecule has 0 aromatic heterocycles. The lowest BCUT2D eigenvalue weighted by molar-refractivity contribution is 0.192. The van der Waals surface area contributed by atoms with E-state index in [0.29, 0.717) is 12.2 Å². The van der Waals surface area contributed by atoms with Gasteiger partial charge in [-0.1, -0.05) is 77.6 Å². The largest absolute Gasteiger partial charge is 0.385 e. The maximum absolute atomic E-state index is 5.79. The zero-order valence-corrected chi connectivity index (χ0v) is 14.6. The van der Waals surface area contributed by atoms with Gasteiger partial charge < -0.3 is 9.47 Å². The molecule has 0 saturated carbocycles. The van der Waals surface area contributed by atoms with Crippen LogP contribution in [0.1, 0.15) is 96.8 Å². The van der Waals surface area contributed by atoms with Crippen LogP contribution < -0.4 is 0 Å². The van der Waals surface area contributed by atoms with Gasteiger partial charge in [0.1, 0.15) is 0 Å². The van der Waals surface area contributed by atoms with Crippen molar-refractivity contribution in [2.24, 2.45) is 0 Å². The smallest absolute Gasteiger partial charge is 0.0841 e. The van der Waals surface area contributed by atoms with Crippen molar-refractivity contribution >= 4 is 0 Å². The van der Waals surface area contributed by atoms with Gasteiger partial charge in [0.05, 0.1) is 12.2 Å². The number of rotatable bonds is 16. The molecule has 21 heavy (non-hydrogen) atoms. The van der Waals surface area contributed by atoms with E-state index in [1.54, 1.807) is 7.11 Å². The Bertz CT molecular complexity index is 218. The molecule has 0 aliphatic carbocycles. The first-order chi connectivity index (χ1) is 10.4. The second-order valence-electron chi connectivity index (χ2n) is 6.67. The molecule has 0 bridgehead atoms. The van der Waals surface area contributed by atoms with Gasteiger partial charge in [0.15, 0.2) is 0 Å². The van der Waals surface area contributed by atoms with Crippen molar-refractivity contribution in [3.63, 3.8) is 0 Å². The summed E-state index contributed by atoms with van der Waals surface area (Å²) in [5, 5.41) is 0. The predicted molar refractivity (Wildman–Crippen MR) is 90.8 cm³/mol. The third-order valence-electron chi connectivity index (χ3n) is 4.62. The molecule has 0 aromatic rings. The van der Waals surface area contributed by atoms with Gasteiger partial charge in [-0.2, -0.15) is 0 Å². The minimum absolute atomic E-state index is 0.620. The molecule has 2 atom stereocenters. The fourth-order valence-electron chi connectivity index (χ4n) is 3.11. The maximum Gasteiger partial charge on any atom is 0.0841 e. The number of unbranched alkanes of at least 4 members (excludes halogenated alkanes) is 10. The molecule has 0 radical (unpaired) electrons. The van der Waals surface area contributed by atoms with Crippen molar-refractivity contribution in [3.8, 4) is 0 Å². The molecule has 1 saturated heterocycles. The molecule has 0 aromatic carbocycles. The second-order valence-corrected chi connectivity index (χ2v) is 6.67. The maximum atomic E-state index is 5.79. The molecule has 0 spiro atoms. The van der Waals surface area contributed by atoms with Gasteiger partial charge in [-0.15, -0.1) is 0 Å². The van der Waals surface area contributed by atoms with E-state index in [1.165, 1.54) is 89.9 Å². The molecule has 0 N–H and O–H groups in total. The minimum atomic E-state index is 0.620. The molecule has 2 nitrogen and oxygen atoms in total. The Kier molecular flexibility index (Phi) is 12.3. The Labute approximate surface area is 133 Å². The Hall–Kier alpha value is -0.0800. The Morgan fingerprint density at radius 1 is 0.667 bits per heavy atom. The summed E-state index contributed by atoms with van der Waals surface area (Å²) in [5.41, 5.74) is 0. The number of hydrogen-bond donors (Lipinski definition) is 0. The normalized spacial score (nSPS) is 20.9. The van der Waals surface area contributed by atoms with Crippen molar-refractivity contribution in [2.45, 2.75) is 109 Å². The van der Waals surface area contributed by atoms with Crippen LogP contribution in [0.15, 0.2) is 0 Å². The molecular weight excluding hydrogens is 260 g/mol. The van der Waals surface area contributed by atoms with E-state index in [4.69, 9.17) is 9.47 Å². The quantitative estimate of drug-likeness (QED) is 0.262. The van der Waals surface area contributed by atoms with Crippen LogP contribution >= 0.6 is 0 Å². The third-order valence-corrected chi connectivity index (χ3v) is 4.62. The number of methoxy groups -OCH3 is 1. The Morgan fingerprint density at radius 3 is 1.67 bits per heavy atom. The van der Waals surface area contributed by atoms with Crippen molar-refractivity contribution in [2.75, 3.05) is 13.7 Å². The van der Waals surface area contributed by atoms with Crippen LogP contribution in [0.4, 0.5) is 0 Å². The van der Waals surface area contributed by atoms with Gasteiger partial charge in [-0.3, -0.25) is 0 Å². The van der Waals surface area contributed by atoms with Crippen molar-refractivity contribution in [1.82, 2.24) is 0 Å². The predicted octanol–water partition coefficient (Wildman–Crippen LogP) is 5.88. The molecule has 1 fully saturated rings. The van der Waals surface area contributed by atoms with Gasteiger partial charge in [-0.05, 0) is 19.3 Å². The number of epoxide rings is 1. The lowest BCUT2D eigenvalue weighted by Crippen LogP contribution is -1.95. The third kappa shape index (κ3) is 11.2. The zero-order chi connectivity index (χ0) is 15.2. The highest BCUT2D eigenvalue weighted by atomic mass is 16.6. The molecule has 1 heterocycles. The van der Waals surface area contributed by atoms with Gasteiger partial charge in [0, 0.05) is 13.7 Å². The SMILES string of the molecule is CCCCCCCCC1OC1CCCCCCCCOC. The van der Waals surface area contributed by atoms with Crippen LogP contribution in [0.2, 0.25) is 0 Å². The standard InChI is InChI=1S/C19H38O2/c1-3-4-5-6-9-12-15-18-19(21-18)16-13-10-7-8-11-14-17-20-2/h18-19H,3-17H2,1-2H3. The summed E-state index contributed by atoms with van der Waals surface area (Å²) in [6.07, 6.45) is 20.3. The lowest BCUT2D eigenvalue weighted by Gasteiger charge is -2.01.